The fourth-order valence-electron chi connectivity index (χ4n) is 3.27. The predicted molar refractivity (Wildman–Crippen MR) is 127 cm³/mol. The van der Waals surface area contributed by atoms with Crippen LogP contribution in [-0.4, -0.2) is 23.4 Å². The summed E-state index contributed by atoms with van der Waals surface area (Å²) in [5, 5.41) is 11.1. The summed E-state index contributed by atoms with van der Waals surface area (Å²) in [7, 11) is 0. The van der Waals surface area contributed by atoms with E-state index in [4.69, 9.17) is 25.8 Å². The number of esters is 1. The standard InChI is InChI=1S/C25H18ClFN2O6/c1-2-33-23-12-15(6-9-22(23)34-14-16-4-3-5-18(27)10-16)11-20-25(30)35-24(28-20)17-7-8-19(26)21(13-17)29(31)32/h3-13H,2,14H2,1H3/b20-11-. The van der Waals surface area contributed by atoms with E-state index in [0.717, 1.165) is 0 Å². The lowest BCUT2D eigenvalue weighted by molar-refractivity contribution is -0.384. The Morgan fingerprint density at radius 3 is 2.69 bits per heavy atom. The molecule has 0 fully saturated rings. The third-order valence-electron chi connectivity index (χ3n) is 4.86. The molecule has 178 valence electrons. The van der Waals surface area contributed by atoms with Gasteiger partial charge >= 0.3 is 5.97 Å². The average molecular weight is 497 g/mol. The van der Waals surface area contributed by atoms with Gasteiger partial charge in [0, 0.05) is 11.6 Å². The minimum Gasteiger partial charge on any atom is -0.490 e. The van der Waals surface area contributed by atoms with E-state index < -0.39 is 10.9 Å². The zero-order valence-electron chi connectivity index (χ0n) is 18.4. The Bertz CT molecular complexity index is 1370. The molecule has 35 heavy (non-hydrogen) atoms. The maximum atomic E-state index is 13.4. The normalized spacial score (nSPS) is 14.0. The highest BCUT2D eigenvalue weighted by Crippen LogP contribution is 2.31. The molecule has 1 aliphatic rings. The van der Waals surface area contributed by atoms with Crippen LogP contribution >= 0.6 is 11.6 Å². The highest BCUT2D eigenvalue weighted by Gasteiger charge is 2.26. The van der Waals surface area contributed by atoms with Crippen molar-refractivity contribution in [2.45, 2.75) is 13.5 Å². The summed E-state index contributed by atoms with van der Waals surface area (Å²) < 4.78 is 30.1. The number of nitro benzene ring substituents is 1. The van der Waals surface area contributed by atoms with Crippen LogP contribution in [0.15, 0.2) is 71.4 Å². The summed E-state index contributed by atoms with van der Waals surface area (Å²) in [6, 6.07) is 15.1. The number of aliphatic imine (C=N–C) groups is 1. The molecule has 0 unspecified atom stereocenters. The topological polar surface area (TPSA) is 100 Å². The highest BCUT2D eigenvalue weighted by molar-refractivity contribution is 6.32. The van der Waals surface area contributed by atoms with E-state index in [2.05, 4.69) is 4.99 Å². The van der Waals surface area contributed by atoms with Crippen LogP contribution in [0.1, 0.15) is 23.6 Å². The Labute approximate surface area is 204 Å². The van der Waals surface area contributed by atoms with E-state index in [9.17, 15) is 19.3 Å². The lowest BCUT2D eigenvalue weighted by Gasteiger charge is -2.13. The zero-order chi connectivity index (χ0) is 24.9. The van der Waals surface area contributed by atoms with Gasteiger partial charge in [-0.2, -0.15) is 0 Å². The fourth-order valence-corrected chi connectivity index (χ4v) is 3.45. The summed E-state index contributed by atoms with van der Waals surface area (Å²) in [6.45, 7) is 2.33. The molecule has 0 aromatic heterocycles. The second-order valence-electron chi connectivity index (χ2n) is 7.32. The van der Waals surface area contributed by atoms with Gasteiger partial charge in [-0.25, -0.2) is 14.2 Å². The van der Waals surface area contributed by atoms with Crippen molar-refractivity contribution < 1.29 is 28.3 Å². The number of benzene rings is 3. The molecule has 3 aromatic rings. The molecular formula is C25H18ClFN2O6. The van der Waals surface area contributed by atoms with Crippen molar-refractivity contribution in [2.24, 2.45) is 4.99 Å². The second-order valence-corrected chi connectivity index (χ2v) is 7.72. The van der Waals surface area contributed by atoms with E-state index in [0.29, 0.717) is 29.2 Å². The van der Waals surface area contributed by atoms with E-state index in [1.807, 2.05) is 6.92 Å². The van der Waals surface area contributed by atoms with Crippen LogP contribution in [0.4, 0.5) is 10.1 Å². The Balaban J connectivity index is 1.58. The minimum absolute atomic E-state index is 0.00785. The van der Waals surface area contributed by atoms with Gasteiger partial charge in [-0.3, -0.25) is 10.1 Å². The van der Waals surface area contributed by atoms with Gasteiger partial charge in [0.15, 0.2) is 17.2 Å². The predicted octanol–water partition coefficient (Wildman–Crippen LogP) is 5.71. The maximum Gasteiger partial charge on any atom is 0.363 e. The molecule has 1 heterocycles. The Morgan fingerprint density at radius 1 is 1.11 bits per heavy atom. The first-order valence-electron chi connectivity index (χ1n) is 10.4. The molecule has 0 saturated carbocycles. The minimum atomic E-state index is -0.706. The number of hydrogen-bond donors (Lipinski definition) is 0. The number of ether oxygens (including phenoxy) is 3. The van der Waals surface area contributed by atoms with Gasteiger partial charge in [-0.05, 0) is 60.5 Å². The number of cyclic esters (lactones) is 1. The summed E-state index contributed by atoms with van der Waals surface area (Å²) in [6.07, 6.45) is 1.50. The van der Waals surface area contributed by atoms with Gasteiger partial charge in [-0.1, -0.05) is 29.8 Å². The molecule has 1 aliphatic heterocycles. The first-order valence-corrected chi connectivity index (χ1v) is 10.8. The quantitative estimate of drug-likeness (QED) is 0.171. The van der Waals surface area contributed by atoms with Crippen molar-refractivity contribution in [2.75, 3.05) is 6.61 Å². The van der Waals surface area contributed by atoms with Gasteiger partial charge < -0.3 is 14.2 Å². The number of hydrogen-bond acceptors (Lipinski definition) is 7. The Kier molecular flexibility index (Phi) is 7.07. The monoisotopic (exact) mass is 496 g/mol. The molecular weight excluding hydrogens is 479 g/mol. The molecule has 0 N–H and O–H groups in total. The van der Waals surface area contributed by atoms with Gasteiger partial charge in [0.2, 0.25) is 5.90 Å². The van der Waals surface area contributed by atoms with E-state index in [-0.39, 0.29) is 40.3 Å². The molecule has 0 radical (unpaired) electrons. The van der Waals surface area contributed by atoms with Crippen LogP contribution in [0.2, 0.25) is 5.02 Å². The number of nitro groups is 1. The molecule has 10 heteroatoms. The first-order chi connectivity index (χ1) is 16.8. The SMILES string of the molecule is CCOc1cc(/C=C2\N=C(c3ccc(Cl)c([N+](=O)[O-])c3)OC2=O)ccc1OCc1cccc(F)c1. The van der Waals surface area contributed by atoms with Gasteiger partial charge in [-0.15, -0.1) is 0 Å². The molecule has 4 rings (SSSR count). The van der Waals surface area contributed by atoms with Crippen LogP contribution in [-0.2, 0) is 16.1 Å². The van der Waals surface area contributed by atoms with Crippen LogP contribution in [0.25, 0.3) is 6.08 Å². The molecule has 0 bridgehead atoms. The molecule has 0 saturated heterocycles. The lowest BCUT2D eigenvalue weighted by Crippen LogP contribution is -2.06. The van der Waals surface area contributed by atoms with Crippen LogP contribution in [0.3, 0.4) is 0 Å². The van der Waals surface area contributed by atoms with Crippen molar-refractivity contribution in [1.82, 2.24) is 0 Å². The van der Waals surface area contributed by atoms with Crippen molar-refractivity contribution in [3.63, 3.8) is 0 Å². The van der Waals surface area contributed by atoms with E-state index in [1.165, 1.54) is 36.4 Å². The van der Waals surface area contributed by atoms with Crippen molar-refractivity contribution in [3.05, 3.63) is 104 Å². The van der Waals surface area contributed by atoms with E-state index in [1.54, 1.807) is 30.3 Å². The van der Waals surface area contributed by atoms with Gasteiger partial charge in [0.1, 0.15) is 17.4 Å². The highest BCUT2D eigenvalue weighted by atomic mass is 35.5. The molecule has 0 amide bonds. The molecule has 0 atom stereocenters. The average Bonchev–Trinajstić information content (AvgIpc) is 3.19. The number of nitrogens with zero attached hydrogens (tertiary/aromatic N) is 2. The number of carbonyl (C=O) groups excluding carboxylic acids is 1. The first kappa shape index (κ1) is 23.9. The summed E-state index contributed by atoms with van der Waals surface area (Å²) in [5.74, 6) is -0.246. The van der Waals surface area contributed by atoms with Gasteiger partial charge in [0.05, 0.1) is 11.5 Å². The van der Waals surface area contributed by atoms with Crippen molar-refractivity contribution in [3.8, 4) is 11.5 Å². The lowest BCUT2D eigenvalue weighted by atomic mass is 10.1. The van der Waals surface area contributed by atoms with Gasteiger partial charge in [0.25, 0.3) is 5.69 Å². The second kappa shape index (κ2) is 10.4. The largest absolute Gasteiger partial charge is 0.490 e. The Morgan fingerprint density at radius 2 is 1.94 bits per heavy atom. The third-order valence-corrected chi connectivity index (χ3v) is 5.18. The smallest absolute Gasteiger partial charge is 0.363 e. The number of carbonyl (C=O) groups is 1. The fraction of sp³-hybridized carbons (Fsp3) is 0.120. The maximum absolute atomic E-state index is 13.4. The summed E-state index contributed by atoms with van der Waals surface area (Å²) >= 11 is 5.84. The number of halogens is 2. The molecule has 8 nitrogen and oxygen atoms in total. The molecule has 0 aliphatic carbocycles. The number of rotatable bonds is 8. The zero-order valence-corrected chi connectivity index (χ0v) is 19.1. The molecule has 0 spiro atoms. The third kappa shape index (κ3) is 5.64. The van der Waals surface area contributed by atoms with Crippen LogP contribution in [0.5, 0.6) is 11.5 Å². The van der Waals surface area contributed by atoms with Crippen molar-refractivity contribution in [1.29, 1.82) is 0 Å². The van der Waals surface area contributed by atoms with Crippen molar-refractivity contribution >= 4 is 35.2 Å². The molecule has 3 aromatic carbocycles. The van der Waals surface area contributed by atoms with Crippen LogP contribution in [0, 0.1) is 15.9 Å². The summed E-state index contributed by atoms with van der Waals surface area (Å²) in [5.41, 5.74) is 1.18. The summed E-state index contributed by atoms with van der Waals surface area (Å²) in [4.78, 5) is 27.0. The van der Waals surface area contributed by atoms with E-state index >= 15 is 0 Å². The Hall–Kier alpha value is -4.24. The van der Waals surface area contributed by atoms with Crippen LogP contribution < -0.4 is 9.47 Å².